The summed E-state index contributed by atoms with van der Waals surface area (Å²) in [7, 11) is 0. The fraction of sp³-hybridized carbons (Fsp3) is 0.417. The molecule has 4 heteroatoms. The molecule has 3 N–H and O–H groups in total. The molecule has 1 atom stereocenters. The number of hydrogen-bond donors (Lipinski definition) is 3. The van der Waals surface area contributed by atoms with Crippen molar-refractivity contribution in [1.29, 1.82) is 0 Å². The van der Waals surface area contributed by atoms with Crippen LogP contribution in [0.25, 0.3) is 11.0 Å². The Morgan fingerprint density at radius 2 is 2.19 bits per heavy atom. The van der Waals surface area contributed by atoms with Crippen molar-refractivity contribution in [3.8, 4) is 0 Å². The van der Waals surface area contributed by atoms with Crippen LogP contribution in [0.15, 0.2) is 23.0 Å². The molecule has 4 nitrogen and oxygen atoms in total. The molecule has 3 rings (SSSR count). The van der Waals surface area contributed by atoms with Gasteiger partial charge in [0.1, 0.15) is 0 Å². The van der Waals surface area contributed by atoms with Crippen LogP contribution in [0.2, 0.25) is 0 Å². The van der Waals surface area contributed by atoms with Gasteiger partial charge in [0.15, 0.2) is 0 Å². The maximum Gasteiger partial charge on any atom is 0.323 e. The Morgan fingerprint density at radius 3 is 3.00 bits per heavy atom. The number of para-hydroxylation sites is 1. The van der Waals surface area contributed by atoms with E-state index in [4.69, 9.17) is 0 Å². The van der Waals surface area contributed by atoms with Crippen LogP contribution >= 0.6 is 0 Å². The van der Waals surface area contributed by atoms with E-state index in [0.29, 0.717) is 5.92 Å². The summed E-state index contributed by atoms with van der Waals surface area (Å²) < 4.78 is 0. The van der Waals surface area contributed by atoms with Crippen molar-refractivity contribution in [2.45, 2.75) is 18.8 Å². The highest BCUT2D eigenvalue weighted by molar-refractivity contribution is 5.78. The average Bonchev–Trinajstić information content (AvgIpc) is 2.70. The number of aromatic amines is 2. The van der Waals surface area contributed by atoms with Gasteiger partial charge in [-0.15, -0.1) is 0 Å². The number of nitrogens with one attached hydrogen (secondary N) is 3. The van der Waals surface area contributed by atoms with E-state index in [1.54, 1.807) is 0 Å². The van der Waals surface area contributed by atoms with Crippen molar-refractivity contribution >= 4 is 11.0 Å². The van der Waals surface area contributed by atoms with E-state index in [2.05, 4.69) is 21.4 Å². The number of fused-ring (bicyclic) bond motifs is 1. The average molecular weight is 217 g/mol. The Kier molecular flexibility index (Phi) is 2.29. The van der Waals surface area contributed by atoms with Crippen LogP contribution < -0.4 is 11.0 Å². The van der Waals surface area contributed by atoms with Crippen LogP contribution in [0.3, 0.4) is 0 Å². The molecule has 0 aliphatic carbocycles. The number of H-pyrrole nitrogens is 2. The number of hydrogen-bond acceptors (Lipinski definition) is 2. The van der Waals surface area contributed by atoms with Crippen molar-refractivity contribution < 1.29 is 0 Å². The van der Waals surface area contributed by atoms with Gasteiger partial charge in [-0.3, -0.25) is 0 Å². The molecule has 16 heavy (non-hydrogen) atoms. The van der Waals surface area contributed by atoms with Crippen LogP contribution in [0.4, 0.5) is 0 Å². The lowest BCUT2D eigenvalue weighted by atomic mass is 9.91. The number of imidazole rings is 1. The smallest absolute Gasteiger partial charge is 0.316 e. The summed E-state index contributed by atoms with van der Waals surface area (Å²) in [4.78, 5) is 17.0. The Balaban J connectivity index is 2.11. The summed E-state index contributed by atoms with van der Waals surface area (Å²) in [5, 5.41) is 3.40. The number of piperidine rings is 1. The lowest BCUT2D eigenvalue weighted by Gasteiger charge is -2.23. The number of rotatable bonds is 1. The first-order valence-electron chi connectivity index (χ1n) is 5.76. The van der Waals surface area contributed by atoms with E-state index < -0.39 is 0 Å². The molecular weight excluding hydrogens is 202 g/mol. The minimum Gasteiger partial charge on any atom is -0.316 e. The van der Waals surface area contributed by atoms with Gasteiger partial charge in [0.2, 0.25) is 0 Å². The zero-order valence-corrected chi connectivity index (χ0v) is 9.05. The van der Waals surface area contributed by atoms with E-state index in [1.165, 1.54) is 18.4 Å². The van der Waals surface area contributed by atoms with Gasteiger partial charge in [0, 0.05) is 6.54 Å². The topological polar surface area (TPSA) is 60.7 Å². The number of aromatic nitrogens is 2. The molecule has 0 saturated carbocycles. The van der Waals surface area contributed by atoms with Crippen LogP contribution in [0.1, 0.15) is 24.3 Å². The van der Waals surface area contributed by atoms with E-state index in [9.17, 15) is 4.79 Å². The second-order valence-electron chi connectivity index (χ2n) is 4.39. The van der Waals surface area contributed by atoms with Crippen molar-refractivity contribution in [3.05, 3.63) is 34.2 Å². The molecule has 1 aromatic carbocycles. The first-order chi connectivity index (χ1) is 7.84. The summed E-state index contributed by atoms with van der Waals surface area (Å²) >= 11 is 0. The van der Waals surface area contributed by atoms with Gasteiger partial charge in [-0.25, -0.2) is 4.79 Å². The third-order valence-corrected chi connectivity index (χ3v) is 3.32. The summed E-state index contributed by atoms with van der Waals surface area (Å²) in [5.74, 6) is 0.517. The van der Waals surface area contributed by atoms with Gasteiger partial charge in [-0.1, -0.05) is 12.1 Å². The SMILES string of the molecule is O=c1[nH]c2cccc([C@@H]3CCCNC3)c2[nH]1. The molecule has 84 valence electrons. The summed E-state index contributed by atoms with van der Waals surface area (Å²) in [6, 6.07) is 6.06. The van der Waals surface area contributed by atoms with Crippen molar-refractivity contribution in [3.63, 3.8) is 0 Å². The van der Waals surface area contributed by atoms with Crippen LogP contribution in [0.5, 0.6) is 0 Å². The second-order valence-corrected chi connectivity index (χ2v) is 4.39. The monoisotopic (exact) mass is 217 g/mol. The molecule has 0 bridgehead atoms. The lowest BCUT2D eigenvalue weighted by molar-refractivity contribution is 0.463. The normalized spacial score (nSPS) is 21.4. The fourth-order valence-electron chi connectivity index (χ4n) is 2.54. The first-order valence-corrected chi connectivity index (χ1v) is 5.76. The van der Waals surface area contributed by atoms with E-state index in [0.717, 1.165) is 24.1 Å². The molecule has 0 radical (unpaired) electrons. The predicted molar refractivity (Wildman–Crippen MR) is 63.8 cm³/mol. The molecule has 1 fully saturated rings. The van der Waals surface area contributed by atoms with E-state index in [-0.39, 0.29) is 5.69 Å². The molecule has 0 spiro atoms. The highest BCUT2D eigenvalue weighted by Gasteiger charge is 2.18. The Morgan fingerprint density at radius 1 is 1.25 bits per heavy atom. The summed E-state index contributed by atoms with van der Waals surface area (Å²) in [6.07, 6.45) is 2.40. The molecule has 0 unspecified atom stereocenters. The minimum absolute atomic E-state index is 0.119. The quantitative estimate of drug-likeness (QED) is 0.674. The standard InChI is InChI=1S/C12H15N3O/c16-12-14-10-5-1-4-9(11(10)15-12)8-3-2-6-13-7-8/h1,4-5,8,13H,2-3,6-7H2,(H2,14,15,16)/t8-/m1/s1. The third-order valence-electron chi connectivity index (χ3n) is 3.32. The van der Waals surface area contributed by atoms with Crippen molar-refractivity contribution in [2.75, 3.05) is 13.1 Å². The maximum atomic E-state index is 11.3. The molecule has 1 aromatic heterocycles. The Labute approximate surface area is 93.1 Å². The van der Waals surface area contributed by atoms with Gasteiger partial charge in [-0.2, -0.15) is 0 Å². The van der Waals surface area contributed by atoms with Crippen LogP contribution in [0, 0.1) is 0 Å². The number of benzene rings is 1. The Bertz CT molecular complexity index is 549. The fourth-order valence-corrected chi connectivity index (χ4v) is 2.54. The van der Waals surface area contributed by atoms with Crippen molar-refractivity contribution in [2.24, 2.45) is 0 Å². The molecular formula is C12H15N3O. The zero-order valence-electron chi connectivity index (χ0n) is 9.05. The van der Waals surface area contributed by atoms with Gasteiger partial charge < -0.3 is 15.3 Å². The molecule has 1 saturated heterocycles. The zero-order chi connectivity index (χ0) is 11.0. The first kappa shape index (κ1) is 9.66. The predicted octanol–water partition coefficient (Wildman–Crippen LogP) is 1.32. The lowest BCUT2D eigenvalue weighted by Crippen LogP contribution is -2.28. The summed E-state index contributed by atoms with van der Waals surface area (Å²) in [5.41, 5.74) is 3.02. The molecule has 2 aromatic rings. The third kappa shape index (κ3) is 1.55. The molecule has 2 heterocycles. The second kappa shape index (κ2) is 3.79. The highest BCUT2D eigenvalue weighted by atomic mass is 16.1. The Hall–Kier alpha value is -1.55. The van der Waals surface area contributed by atoms with Crippen LogP contribution in [-0.4, -0.2) is 23.1 Å². The van der Waals surface area contributed by atoms with Crippen molar-refractivity contribution in [1.82, 2.24) is 15.3 Å². The van der Waals surface area contributed by atoms with E-state index >= 15 is 0 Å². The maximum absolute atomic E-state index is 11.3. The summed E-state index contributed by atoms with van der Waals surface area (Å²) in [6.45, 7) is 2.11. The molecule has 0 amide bonds. The van der Waals surface area contributed by atoms with Gasteiger partial charge in [0.25, 0.3) is 0 Å². The minimum atomic E-state index is -0.119. The largest absolute Gasteiger partial charge is 0.323 e. The van der Waals surface area contributed by atoms with E-state index in [1.807, 2.05) is 12.1 Å². The van der Waals surface area contributed by atoms with Gasteiger partial charge in [0.05, 0.1) is 11.0 Å². The van der Waals surface area contributed by atoms with Gasteiger partial charge >= 0.3 is 5.69 Å². The van der Waals surface area contributed by atoms with Gasteiger partial charge in [-0.05, 0) is 36.9 Å². The van der Waals surface area contributed by atoms with Crippen LogP contribution in [-0.2, 0) is 0 Å². The molecule has 1 aliphatic rings. The molecule has 1 aliphatic heterocycles. The highest BCUT2D eigenvalue weighted by Crippen LogP contribution is 2.27.